The molecule has 0 spiro atoms. The minimum absolute atomic E-state index is 0.832. The summed E-state index contributed by atoms with van der Waals surface area (Å²) >= 11 is 1.71. The van der Waals surface area contributed by atoms with Crippen molar-refractivity contribution in [3.8, 4) is 0 Å². The summed E-state index contributed by atoms with van der Waals surface area (Å²) in [6.45, 7) is 8.31. The molecule has 2 rings (SSSR count). The predicted octanol–water partition coefficient (Wildman–Crippen LogP) is 3.25. The van der Waals surface area contributed by atoms with E-state index >= 15 is 0 Å². The average Bonchev–Trinajstić information content (AvgIpc) is 2.82. The lowest BCUT2D eigenvalue weighted by Gasteiger charge is -2.04. The number of nitrogens with one attached hydrogen (secondary N) is 1. The maximum atomic E-state index is 4.29. The summed E-state index contributed by atoms with van der Waals surface area (Å²) in [5.74, 6) is 0. The molecule has 2 aromatic rings. The Bertz CT molecular complexity index is 534. The summed E-state index contributed by atoms with van der Waals surface area (Å²) in [6.07, 6.45) is 2.03. The van der Waals surface area contributed by atoms with E-state index in [0.29, 0.717) is 0 Å². The standard InChI is InChI=1S/C15H21N3S/c1-4-7-16-10-15-18-17-14(19-15)9-13-8-11(2)5-6-12(13)3/h5-6,8,16H,4,7,9-10H2,1-3H3. The van der Waals surface area contributed by atoms with Crippen molar-refractivity contribution < 1.29 is 0 Å². The topological polar surface area (TPSA) is 37.8 Å². The average molecular weight is 275 g/mol. The highest BCUT2D eigenvalue weighted by molar-refractivity contribution is 7.11. The van der Waals surface area contributed by atoms with E-state index in [9.17, 15) is 0 Å². The van der Waals surface area contributed by atoms with Crippen LogP contribution in [0.2, 0.25) is 0 Å². The molecular weight excluding hydrogens is 254 g/mol. The van der Waals surface area contributed by atoms with E-state index in [0.717, 1.165) is 35.9 Å². The Labute approximate surface area is 119 Å². The molecule has 0 aliphatic rings. The maximum Gasteiger partial charge on any atom is 0.131 e. The van der Waals surface area contributed by atoms with Crippen LogP contribution in [0.15, 0.2) is 18.2 Å². The third-order valence-electron chi connectivity index (χ3n) is 3.06. The minimum Gasteiger partial charge on any atom is -0.310 e. The quantitative estimate of drug-likeness (QED) is 0.822. The van der Waals surface area contributed by atoms with Crippen molar-refractivity contribution >= 4 is 11.3 Å². The van der Waals surface area contributed by atoms with Crippen molar-refractivity contribution in [2.75, 3.05) is 6.54 Å². The molecule has 0 unspecified atom stereocenters. The van der Waals surface area contributed by atoms with Crippen LogP contribution in [0.4, 0.5) is 0 Å². The SMILES string of the molecule is CCCNCc1nnc(Cc2cc(C)ccc2C)s1. The molecule has 3 nitrogen and oxygen atoms in total. The van der Waals surface area contributed by atoms with Gasteiger partial charge in [0.2, 0.25) is 0 Å². The van der Waals surface area contributed by atoms with Crippen LogP contribution in [0, 0.1) is 13.8 Å². The van der Waals surface area contributed by atoms with Crippen LogP contribution in [0.5, 0.6) is 0 Å². The van der Waals surface area contributed by atoms with Gasteiger partial charge in [-0.25, -0.2) is 0 Å². The van der Waals surface area contributed by atoms with Crippen LogP contribution in [0.3, 0.4) is 0 Å². The molecule has 102 valence electrons. The summed E-state index contributed by atoms with van der Waals surface area (Å²) < 4.78 is 0. The minimum atomic E-state index is 0.832. The predicted molar refractivity (Wildman–Crippen MR) is 80.6 cm³/mol. The number of nitrogens with zero attached hydrogens (tertiary/aromatic N) is 2. The van der Waals surface area contributed by atoms with Gasteiger partial charge in [0.05, 0.1) is 0 Å². The van der Waals surface area contributed by atoms with Gasteiger partial charge in [0.25, 0.3) is 0 Å². The van der Waals surface area contributed by atoms with Crippen LogP contribution >= 0.6 is 11.3 Å². The molecule has 1 aromatic heterocycles. The molecule has 0 aliphatic heterocycles. The zero-order valence-corrected chi connectivity index (χ0v) is 12.7. The number of benzene rings is 1. The summed E-state index contributed by atoms with van der Waals surface area (Å²) in [5, 5.41) is 14.1. The molecule has 19 heavy (non-hydrogen) atoms. The van der Waals surface area contributed by atoms with E-state index in [4.69, 9.17) is 0 Å². The van der Waals surface area contributed by atoms with Gasteiger partial charge in [0.15, 0.2) is 0 Å². The smallest absolute Gasteiger partial charge is 0.131 e. The second kappa shape index (κ2) is 6.78. The fraction of sp³-hybridized carbons (Fsp3) is 0.467. The lowest BCUT2D eigenvalue weighted by molar-refractivity contribution is 0.668. The Morgan fingerprint density at radius 3 is 2.74 bits per heavy atom. The van der Waals surface area contributed by atoms with Crippen molar-refractivity contribution in [2.45, 2.75) is 40.2 Å². The first kappa shape index (κ1) is 14.2. The molecule has 1 aromatic carbocycles. The van der Waals surface area contributed by atoms with Gasteiger partial charge in [0.1, 0.15) is 10.0 Å². The fourth-order valence-electron chi connectivity index (χ4n) is 1.96. The molecule has 0 saturated heterocycles. The summed E-state index contributed by atoms with van der Waals surface area (Å²) in [6, 6.07) is 6.57. The Morgan fingerprint density at radius 2 is 1.95 bits per heavy atom. The van der Waals surface area contributed by atoms with Crippen molar-refractivity contribution in [1.82, 2.24) is 15.5 Å². The van der Waals surface area contributed by atoms with Crippen molar-refractivity contribution in [2.24, 2.45) is 0 Å². The number of aryl methyl sites for hydroxylation is 2. The summed E-state index contributed by atoms with van der Waals surface area (Å²) in [7, 11) is 0. The Hall–Kier alpha value is -1.26. The lowest BCUT2D eigenvalue weighted by atomic mass is 10.0. The molecule has 1 heterocycles. The summed E-state index contributed by atoms with van der Waals surface area (Å²) in [5.41, 5.74) is 3.98. The lowest BCUT2D eigenvalue weighted by Crippen LogP contribution is -2.13. The maximum absolute atomic E-state index is 4.29. The highest BCUT2D eigenvalue weighted by Crippen LogP contribution is 2.18. The Kier molecular flexibility index (Phi) is 5.05. The first-order valence-electron chi connectivity index (χ1n) is 6.77. The second-order valence-corrected chi connectivity index (χ2v) is 6.02. The van der Waals surface area contributed by atoms with Crippen molar-refractivity contribution in [1.29, 1.82) is 0 Å². The first-order chi connectivity index (χ1) is 9.19. The second-order valence-electron chi connectivity index (χ2n) is 4.87. The Morgan fingerprint density at radius 1 is 1.16 bits per heavy atom. The molecule has 4 heteroatoms. The van der Waals surface area contributed by atoms with E-state index in [1.54, 1.807) is 11.3 Å². The van der Waals surface area contributed by atoms with E-state index in [-0.39, 0.29) is 0 Å². The molecule has 0 atom stereocenters. The van der Waals surface area contributed by atoms with Gasteiger partial charge in [-0.1, -0.05) is 42.0 Å². The number of hydrogen-bond donors (Lipinski definition) is 1. The highest BCUT2D eigenvalue weighted by atomic mass is 32.1. The summed E-state index contributed by atoms with van der Waals surface area (Å²) in [4.78, 5) is 0. The molecule has 0 bridgehead atoms. The molecule has 0 aliphatic carbocycles. The number of rotatable bonds is 6. The fourth-order valence-corrected chi connectivity index (χ4v) is 2.79. The van der Waals surface area contributed by atoms with Crippen molar-refractivity contribution in [3.05, 3.63) is 44.9 Å². The molecular formula is C15H21N3S. The normalized spacial score (nSPS) is 10.9. The molecule has 0 amide bonds. The van der Waals surface area contributed by atoms with Gasteiger partial charge >= 0.3 is 0 Å². The monoisotopic (exact) mass is 275 g/mol. The van der Waals surface area contributed by atoms with Crippen LogP contribution < -0.4 is 5.32 Å². The van der Waals surface area contributed by atoms with E-state index in [1.807, 2.05) is 0 Å². The third kappa shape index (κ3) is 4.11. The molecule has 0 fully saturated rings. The number of hydrogen-bond acceptors (Lipinski definition) is 4. The van der Waals surface area contributed by atoms with Gasteiger partial charge in [-0.05, 0) is 37.9 Å². The largest absolute Gasteiger partial charge is 0.310 e. The van der Waals surface area contributed by atoms with Crippen LogP contribution in [-0.2, 0) is 13.0 Å². The van der Waals surface area contributed by atoms with Gasteiger partial charge in [-0.15, -0.1) is 10.2 Å². The van der Waals surface area contributed by atoms with Crippen LogP contribution in [-0.4, -0.2) is 16.7 Å². The van der Waals surface area contributed by atoms with Crippen LogP contribution in [0.25, 0.3) is 0 Å². The van der Waals surface area contributed by atoms with Crippen LogP contribution in [0.1, 0.15) is 40.1 Å². The molecule has 0 radical (unpaired) electrons. The zero-order chi connectivity index (χ0) is 13.7. The van der Waals surface area contributed by atoms with Gasteiger partial charge in [-0.2, -0.15) is 0 Å². The molecule has 0 saturated carbocycles. The molecule has 1 N–H and O–H groups in total. The van der Waals surface area contributed by atoms with Crippen molar-refractivity contribution in [3.63, 3.8) is 0 Å². The van der Waals surface area contributed by atoms with E-state index in [2.05, 4.69) is 54.5 Å². The number of aromatic nitrogens is 2. The van der Waals surface area contributed by atoms with E-state index < -0.39 is 0 Å². The third-order valence-corrected chi connectivity index (χ3v) is 3.98. The zero-order valence-electron chi connectivity index (χ0n) is 11.9. The van der Waals surface area contributed by atoms with Gasteiger partial charge in [0, 0.05) is 13.0 Å². The Balaban J connectivity index is 2.01. The first-order valence-corrected chi connectivity index (χ1v) is 7.58. The van der Waals surface area contributed by atoms with E-state index in [1.165, 1.54) is 16.7 Å². The van der Waals surface area contributed by atoms with Gasteiger partial charge < -0.3 is 5.32 Å². The van der Waals surface area contributed by atoms with Gasteiger partial charge in [-0.3, -0.25) is 0 Å². The highest BCUT2D eigenvalue weighted by Gasteiger charge is 2.07.